The number of thiol groups is 1. The van der Waals surface area contributed by atoms with Gasteiger partial charge in [-0.1, -0.05) is 18.2 Å². The van der Waals surface area contributed by atoms with Crippen LogP contribution in [0.2, 0.25) is 0 Å². The van der Waals surface area contributed by atoms with Crippen LogP contribution in [0, 0.1) is 0 Å². The largest absolute Gasteiger partial charge is 0.347 e. The van der Waals surface area contributed by atoms with E-state index >= 15 is 0 Å². The standard InChI is InChI=1S/C11H13NS/c1-8(13)11-7-9-5-3-4-6-10(9)12(11)2/h3-8,13H,1-2H3. The number of hydrogen-bond donors (Lipinski definition) is 1. The zero-order chi connectivity index (χ0) is 9.42. The van der Waals surface area contributed by atoms with Crippen LogP contribution in [0.15, 0.2) is 30.3 Å². The molecule has 0 spiro atoms. The third-order valence-electron chi connectivity index (χ3n) is 2.42. The minimum atomic E-state index is 0.289. The molecule has 0 N–H and O–H groups in total. The Morgan fingerprint density at radius 1 is 1.31 bits per heavy atom. The molecule has 1 atom stereocenters. The van der Waals surface area contributed by atoms with E-state index in [9.17, 15) is 0 Å². The van der Waals surface area contributed by atoms with Crippen molar-refractivity contribution in [3.63, 3.8) is 0 Å². The highest BCUT2D eigenvalue weighted by molar-refractivity contribution is 7.80. The zero-order valence-electron chi connectivity index (χ0n) is 7.86. The maximum absolute atomic E-state index is 4.45. The number of aryl methyl sites for hydroxylation is 1. The Morgan fingerprint density at radius 3 is 2.62 bits per heavy atom. The second-order valence-electron chi connectivity index (χ2n) is 3.36. The molecule has 13 heavy (non-hydrogen) atoms. The number of rotatable bonds is 1. The van der Waals surface area contributed by atoms with E-state index in [0.29, 0.717) is 0 Å². The molecule has 0 fully saturated rings. The Balaban J connectivity index is 2.74. The molecule has 0 bridgehead atoms. The highest BCUT2D eigenvalue weighted by atomic mass is 32.1. The molecule has 2 heteroatoms. The van der Waals surface area contributed by atoms with Crippen molar-refractivity contribution in [2.24, 2.45) is 7.05 Å². The third-order valence-corrected chi connectivity index (χ3v) is 2.68. The van der Waals surface area contributed by atoms with Gasteiger partial charge in [0.25, 0.3) is 0 Å². The molecule has 68 valence electrons. The van der Waals surface area contributed by atoms with Gasteiger partial charge in [-0.2, -0.15) is 12.6 Å². The molecule has 2 rings (SSSR count). The van der Waals surface area contributed by atoms with Crippen molar-refractivity contribution in [1.29, 1.82) is 0 Å². The third kappa shape index (κ3) is 1.35. The fourth-order valence-electron chi connectivity index (χ4n) is 1.71. The molecule has 1 aromatic carbocycles. The molecule has 1 aromatic heterocycles. The van der Waals surface area contributed by atoms with E-state index in [0.717, 1.165) is 0 Å². The number of benzene rings is 1. The first kappa shape index (κ1) is 8.70. The van der Waals surface area contributed by atoms with Crippen molar-refractivity contribution in [1.82, 2.24) is 4.57 Å². The van der Waals surface area contributed by atoms with Crippen LogP contribution in [0.5, 0.6) is 0 Å². The quantitative estimate of drug-likeness (QED) is 0.661. The Hall–Kier alpha value is -0.890. The summed E-state index contributed by atoms with van der Waals surface area (Å²) in [5.74, 6) is 0. The summed E-state index contributed by atoms with van der Waals surface area (Å²) in [7, 11) is 2.09. The number of fused-ring (bicyclic) bond motifs is 1. The molecule has 0 aliphatic rings. The van der Waals surface area contributed by atoms with Crippen LogP contribution in [0.4, 0.5) is 0 Å². The summed E-state index contributed by atoms with van der Waals surface area (Å²) >= 11 is 4.45. The second kappa shape index (κ2) is 3.11. The topological polar surface area (TPSA) is 4.93 Å². The predicted octanol–water partition coefficient (Wildman–Crippen LogP) is 3.17. The Kier molecular flexibility index (Phi) is 2.08. The van der Waals surface area contributed by atoms with E-state index in [1.54, 1.807) is 0 Å². The number of nitrogens with zero attached hydrogens (tertiary/aromatic N) is 1. The summed E-state index contributed by atoms with van der Waals surface area (Å²) in [5.41, 5.74) is 2.54. The molecule has 2 aromatic rings. The maximum atomic E-state index is 4.45. The highest BCUT2D eigenvalue weighted by Crippen LogP contribution is 2.25. The van der Waals surface area contributed by atoms with E-state index in [1.807, 2.05) is 0 Å². The predicted molar refractivity (Wildman–Crippen MR) is 60.3 cm³/mol. The molecule has 1 nitrogen and oxygen atoms in total. The van der Waals surface area contributed by atoms with Gasteiger partial charge in [0.15, 0.2) is 0 Å². The SMILES string of the molecule is CC(S)c1cc2ccccc2n1C. The van der Waals surface area contributed by atoms with Crippen LogP contribution < -0.4 is 0 Å². The summed E-state index contributed by atoms with van der Waals surface area (Å²) in [6.45, 7) is 2.09. The average Bonchev–Trinajstić information content (AvgIpc) is 2.45. The van der Waals surface area contributed by atoms with Gasteiger partial charge in [0.1, 0.15) is 0 Å². The molecule has 1 heterocycles. The fraction of sp³-hybridized carbons (Fsp3) is 0.273. The summed E-state index contributed by atoms with van der Waals surface area (Å²) in [6, 6.07) is 10.6. The van der Waals surface area contributed by atoms with E-state index in [-0.39, 0.29) is 5.25 Å². The number of para-hydroxylation sites is 1. The summed E-state index contributed by atoms with van der Waals surface area (Å²) < 4.78 is 2.20. The normalized spacial score (nSPS) is 13.5. The van der Waals surface area contributed by atoms with Crippen LogP contribution >= 0.6 is 12.6 Å². The van der Waals surface area contributed by atoms with Crippen molar-refractivity contribution >= 4 is 23.5 Å². The van der Waals surface area contributed by atoms with Crippen molar-refractivity contribution < 1.29 is 0 Å². The lowest BCUT2D eigenvalue weighted by Crippen LogP contribution is -1.95. The maximum Gasteiger partial charge on any atom is 0.0480 e. The molecule has 0 aliphatic carbocycles. The van der Waals surface area contributed by atoms with Gasteiger partial charge in [0, 0.05) is 23.5 Å². The molecule has 0 amide bonds. The Labute approximate surface area is 83.8 Å². The minimum Gasteiger partial charge on any atom is -0.347 e. The molecule has 0 radical (unpaired) electrons. The van der Waals surface area contributed by atoms with Gasteiger partial charge >= 0.3 is 0 Å². The molecular weight excluding hydrogens is 178 g/mol. The highest BCUT2D eigenvalue weighted by Gasteiger charge is 2.07. The Morgan fingerprint density at radius 2 is 2.00 bits per heavy atom. The lowest BCUT2D eigenvalue weighted by molar-refractivity contribution is 0.857. The zero-order valence-corrected chi connectivity index (χ0v) is 8.75. The lowest BCUT2D eigenvalue weighted by Gasteiger charge is -2.05. The van der Waals surface area contributed by atoms with Crippen molar-refractivity contribution in [2.75, 3.05) is 0 Å². The van der Waals surface area contributed by atoms with Crippen molar-refractivity contribution in [3.05, 3.63) is 36.0 Å². The molecule has 0 saturated heterocycles. The van der Waals surface area contributed by atoms with Crippen LogP contribution in [0.1, 0.15) is 17.9 Å². The lowest BCUT2D eigenvalue weighted by atomic mass is 10.2. The smallest absolute Gasteiger partial charge is 0.0480 e. The summed E-state index contributed by atoms with van der Waals surface area (Å²) in [5, 5.41) is 1.58. The molecular formula is C11H13NS. The first-order chi connectivity index (χ1) is 6.20. The van der Waals surface area contributed by atoms with Gasteiger partial charge in [-0.05, 0) is 24.4 Å². The number of hydrogen-bond acceptors (Lipinski definition) is 1. The Bertz CT molecular complexity index is 429. The summed E-state index contributed by atoms with van der Waals surface area (Å²) in [6.07, 6.45) is 0. The molecule has 0 saturated carbocycles. The van der Waals surface area contributed by atoms with E-state index in [1.165, 1.54) is 16.6 Å². The van der Waals surface area contributed by atoms with Gasteiger partial charge < -0.3 is 4.57 Å². The average molecular weight is 191 g/mol. The monoisotopic (exact) mass is 191 g/mol. The van der Waals surface area contributed by atoms with Gasteiger partial charge in [0.05, 0.1) is 0 Å². The molecule has 1 unspecified atom stereocenters. The van der Waals surface area contributed by atoms with E-state index in [4.69, 9.17) is 0 Å². The van der Waals surface area contributed by atoms with Gasteiger partial charge in [0.2, 0.25) is 0 Å². The van der Waals surface area contributed by atoms with Gasteiger partial charge in [-0.3, -0.25) is 0 Å². The van der Waals surface area contributed by atoms with E-state index in [2.05, 4.69) is 61.5 Å². The minimum absolute atomic E-state index is 0.289. The first-order valence-electron chi connectivity index (χ1n) is 4.42. The van der Waals surface area contributed by atoms with E-state index < -0.39 is 0 Å². The second-order valence-corrected chi connectivity index (χ2v) is 4.14. The first-order valence-corrected chi connectivity index (χ1v) is 4.94. The van der Waals surface area contributed by atoms with Crippen LogP contribution in [-0.2, 0) is 7.05 Å². The van der Waals surface area contributed by atoms with Gasteiger partial charge in [-0.25, -0.2) is 0 Å². The van der Waals surface area contributed by atoms with Crippen LogP contribution in [0.3, 0.4) is 0 Å². The van der Waals surface area contributed by atoms with Crippen molar-refractivity contribution in [2.45, 2.75) is 12.2 Å². The van der Waals surface area contributed by atoms with Gasteiger partial charge in [-0.15, -0.1) is 0 Å². The van der Waals surface area contributed by atoms with Crippen LogP contribution in [-0.4, -0.2) is 4.57 Å². The van der Waals surface area contributed by atoms with Crippen LogP contribution in [0.25, 0.3) is 10.9 Å². The molecule has 0 aliphatic heterocycles. The summed E-state index contributed by atoms with van der Waals surface area (Å²) in [4.78, 5) is 0. The fourth-order valence-corrected chi connectivity index (χ4v) is 1.96. The number of aromatic nitrogens is 1. The van der Waals surface area contributed by atoms with Crippen molar-refractivity contribution in [3.8, 4) is 0 Å².